The second kappa shape index (κ2) is 7.46. The summed E-state index contributed by atoms with van der Waals surface area (Å²) in [5, 5.41) is 3.21. The molecule has 2 heterocycles. The van der Waals surface area contributed by atoms with Crippen molar-refractivity contribution in [1.29, 1.82) is 0 Å². The van der Waals surface area contributed by atoms with Crippen LogP contribution in [0.5, 0.6) is 11.5 Å². The number of rotatable bonds is 4. The zero-order chi connectivity index (χ0) is 17.1. The first-order valence-electron chi connectivity index (χ1n) is 9.28. The topological polar surface area (TPSA) is 50.8 Å². The van der Waals surface area contributed by atoms with Gasteiger partial charge < -0.3 is 14.8 Å². The number of nitrogens with zero attached hydrogens (tertiary/aromatic N) is 1. The van der Waals surface area contributed by atoms with Crippen LogP contribution >= 0.6 is 11.8 Å². The molecule has 1 amide bonds. The smallest absolute Gasteiger partial charge is 0.255 e. The first kappa shape index (κ1) is 17.0. The summed E-state index contributed by atoms with van der Waals surface area (Å²) >= 11 is 2.03. The van der Waals surface area contributed by atoms with Crippen molar-refractivity contribution in [2.45, 2.75) is 31.2 Å². The molecule has 1 N–H and O–H groups in total. The van der Waals surface area contributed by atoms with Gasteiger partial charge in [0.1, 0.15) is 13.2 Å². The molecule has 1 saturated carbocycles. The number of carbonyl (C=O) groups excluding carboxylic acids is 1. The van der Waals surface area contributed by atoms with Crippen LogP contribution in [0.4, 0.5) is 0 Å². The number of hydrogen-bond acceptors (Lipinski definition) is 5. The van der Waals surface area contributed by atoms with E-state index in [0.29, 0.717) is 30.3 Å². The summed E-state index contributed by atoms with van der Waals surface area (Å²) in [7, 11) is 0. The molecule has 1 saturated heterocycles. The molecule has 1 aromatic carbocycles. The lowest BCUT2D eigenvalue weighted by molar-refractivity contribution is 0.0810. The van der Waals surface area contributed by atoms with E-state index >= 15 is 0 Å². The van der Waals surface area contributed by atoms with Gasteiger partial charge in [0, 0.05) is 36.7 Å². The third-order valence-corrected chi connectivity index (χ3v) is 6.55. The second-order valence-corrected chi connectivity index (χ2v) is 8.27. The van der Waals surface area contributed by atoms with Crippen molar-refractivity contribution in [2.24, 2.45) is 0 Å². The maximum atomic E-state index is 12.8. The molecule has 6 heteroatoms. The molecule has 0 spiro atoms. The average Bonchev–Trinajstić information content (AvgIpc) is 3.16. The Bertz CT molecular complexity index is 625. The molecule has 0 atom stereocenters. The molecule has 0 bridgehead atoms. The van der Waals surface area contributed by atoms with Crippen molar-refractivity contribution < 1.29 is 14.3 Å². The highest BCUT2D eigenvalue weighted by Crippen LogP contribution is 2.37. The zero-order valence-corrected chi connectivity index (χ0v) is 15.4. The monoisotopic (exact) mass is 362 g/mol. The van der Waals surface area contributed by atoms with Gasteiger partial charge in [0.25, 0.3) is 5.91 Å². The Morgan fingerprint density at radius 3 is 2.72 bits per heavy atom. The van der Waals surface area contributed by atoms with Crippen LogP contribution < -0.4 is 14.8 Å². The normalized spacial score (nSPS) is 22.6. The maximum Gasteiger partial charge on any atom is 0.255 e. The molecule has 0 unspecified atom stereocenters. The van der Waals surface area contributed by atoms with Gasteiger partial charge in [-0.05, 0) is 25.0 Å². The Balaban J connectivity index is 1.47. The summed E-state index contributed by atoms with van der Waals surface area (Å²) in [4.78, 5) is 15.5. The SMILES string of the molecule is O=C(NCC1(N2CCSCC2)CCCC1)c1cccc2c1OCCO2. The lowest BCUT2D eigenvalue weighted by atomic mass is 9.94. The van der Waals surface area contributed by atoms with E-state index in [2.05, 4.69) is 10.2 Å². The number of benzene rings is 1. The van der Waals surface area contributed by atoms with Crippen molar-refractivity contribution in [3.63, 3.8) is 0 Å². The van der Waals surface area contributed by atoms with Crippen molar-refractivity contribution in [2.75, 3.05) is 44.4 Å². The van der Waals surface area contributed by atoms with Gasteiger partial charge >= 0.3 is 0 Å². The summed E-state index contributed by atoms with van der Waals surface area (Å²) in [5.41, 5.74) is 0.725. The summed E-state index contributed by atoms with van der Waals surface area (Å²) < 4.78 is 11.3. The van der Waals surface area contributed by atoms with Gasteiger partial charge in [0.2, 0.25) is 0 Å². The molecule has 1 aliphatic carbocycles. The number of para-hydroxylation sites is 1. The highest BCUT2D eigenvalue weighted by atomic mass is 32.2. The van der Waals surface area contributed by atoms with Crippen molar-refractivity contribution in [1.82, 2.24) is 10.2 Å². The van der Waals surface area contributed by atoms with Gasteiger partial charge in [0.15, 0.2) is 11.5 Å². The molecule has 5 nitrogen and oxygen atoms in total. The standard InChI is InChI=1S/C19H26N2O3S/c22-18(15-4-3-5-16-17(15)24-11-10-23-16)20-14-19(6-1-2-7-19)21-8-12-25-13-9-21/h3-5H,1-2,6-14H2,(H,20,22). The lowest BCUT2D eigenvalue weighted by Gasteiger charge is -2.43. The number of nitrogens with one attached hydrogen (secondary N) is 1. The molecular formula is C19H26N2O3S. The first-order valence-corrected chi connectivity index (χ1v) is 10.4. The van der Waals surface area contributed by atoms with E-state index in [4.69, 9.17) is 9.47 Å². The minimum absolute atomic E-state index is 0.0555. The fourth-order valence-corrected chi connectivity index (χ4v) is 5.17. The number of amides is 1. The number of hydrogen-bond donors (Lipinski definition) is 1. The quantitative estimate of drug-likeness (QED) is 0.892. The van der Waals surface area contributed by atoms with E-state index in [1.54, 1.807) is 0 Å². The summed E-state index contributed by atoms with van der Waals surface area (Å²) in [6.07, 6.45) is 4.89. The van der Waals surface area contributed by atoms with Crippen LogP contribution in [0.3, 0.4) is 0 Å². The lowest BCUT2D eigenvalue weighted by Crippen LogP contribution is -2.56. The van der Waals surface area contributed by atoms with E-state index in [1.165, 1.54) is 37.2 Å². The van der Waals surface area contributed by atoms with Crippen molar-refractivity contribution in [3.8, 4) is 11.5 Å². The van der Waals surface area contributed by atoms with Crippen LogP contribution in [0.2, 0.25) is 0 Å². The molecular weight excluding hydrogens is 336 g/mol. The van der Waals surface area contributed by atoms with Crippen LogP contribution in [0.15, 0.2) is 18.2 Å². The number of carbonyl (C=O) groups is 1. The summed E-state index contributed by atoms with van der Waals surface area (Å²) in [5.74, 6) is 3.60. The van der Waals surface area contributed by atoms with Crippen molar-refractivity contribution >= 4 is 17.7 Å². The van der Waals surface area contributed by atoms with E-state index in [1.807, 2.05) is 30.0 Å². The molecule has 2 aliphatic heterocycles. The molecule has 3 aliphatic rings. The van der Waals surface area contributed by atoms with Crippen LogP contribution in [0.25, 0.3) is 0 Å². The van der Waals surface area contributed by atoms with Gasteiger partial charge in [-0.2, -0.15) is 11.8 Å². The molecule has 1 aromatic rings. The third kappa shape index (κ3) is 3.47. The molecule has 0 radical (unpaired) electrons. The van der Waals surface area contributed by atoms with Crippen LogP contribution in [-0.4, -0.2) is 60.7 Å². The fraction of sp³-hybridized carbons (Fsp3) is 0.632. The highest BCUT2D eigenvalue weighted by Gasteiger charge is 2.40. The fourth-order valence-electron chi connectivity index (χ4n) is 4.27. The van der Waals surface area contributed by atoms with E-state index in [9.17, 15) is 4.79 Å². The number of thioether (sulfide) groups is 1. The number of ether oxygens (including phenoxy) is 2. The largest absolute Gasteiger partial charge is 0.486 e. The molecule has 0 aromatic heterocycles. The van der Waals surface area contributed by atoms with Gasteiger partial charge in [0.05, 0.1) is 5.56 Å². The maximum absolute atomic E-state index is 12.8. The van der Waals surface area contributed by atoms with Crippen molar-refractivity contribution in [3.05, 3.63) is 23.8 Å². The van der Waals surface area contributed by atoms with E-state index < -0.39 is 0 Å². The van der Waals surface area contributed by atoms with Crippen LogP contribution in [0, 0.1) is 0 Å². The van der Waals surface area contributed by atoms with E-state index in [-0.39, 0.29) is 11.4 Å². The van der Waals surface area contributed by atoms with Gasteiger partial charge in [-0.25, -0.2) is 0 Å². The van der Waals surface area contributed by atoms with Crippen LogP contribution in [0.1, 0.15) is 36.0 Å². The Labute approximate surface area is 153 Å². The Morgan fingerprint density at radius 1 is 1.16 bits per heavy atom. The molecule has 136 valence electrons. The predicted octanol–water partition coefficient (Wildman–Crippen LogP) is 2.55. The molecule has 2 fully saturated rings. The Morgan fingerprint density at radius 2 is 1.92 bits per heavy atom. The molecule has 4 rings (SSSR count). The third-order valence-electron chi connectivity index (χ3n) is 5.61. The average molecular weight is 362 g/mol. The summed E-state index contributed by atoms with van der Waals surface area (Å²) in [6, 6.07) is 5.53. The predicted molar refractivity (Wildman–Crippen MR) is 99.9 cm³/mol. The minimum atomic E-state index is -0.0555. The minimum Gasteiger partial charge on any atom is -0.486 e. The zero-order valence-electron chi connectivity index (χ0n) is 14.6. The Hall–Kier alpha value is -1.40. The van der Waals surface area contributed by atoms with Crippen LogP contribution in [-0.2, 0) is 0 Å². The first-order chi connectivity index (χ1) is 12.3. The van der Waals surface area contributed by atoms with Gasteiger partial charge in [-0.15, -0.1) is 0 Å². The van der Waals surface area contributed by atoms with Gasteiger partial charge in [-0.1, -0.05) is 18.9 Å². The van der Waals surface area contributed by atoms with Gasteiger partial charge in [-0.3, -0.25) is 9.69 Å². The van der Waals surface area contributed by atoms with E-state index in [0.717, 1.165) is 19.6 Å². The molecule has 25 heavy (non-hydrogen) atoms. The highest BCUT2D eigenvalue weighted by molar-refractivity contribution is 7.99. The summed E-state index contributed by atoms with van der Waals surface area (Å²) in [6.45, 7) is 4.03. The Kier molecular flexibility index (Phi) is 5.08. The second-order valence-electron chi connectivity index (χ2n) is 7.04. The number of fused-ring (bicyclic) bond motifs is 1.